The summed E-state index contributed by atoms with van der Waals surface area (Å²) in [7, 11) is 1.86. The number of aryl methyl sites for hydroxylation is 2. The lowest BCUT2D eigenvalue weighted by Crippen LogP contribution is -2.26. The first kappa shape index (κ1) is 15.3. The maximum absolute atomic E-state index is 12.7. The van der Waals surface area contributed by atoms with Gasteiger partial charge in [-0.05, 0) is 42.3 Å². The van der Waals surface area contributed by atoms with Crippen LogP contribution in [0.3, 0.4) is 0 Å². The van der Waals surface area contributed by atoms with Crippen LogP contribution in [0.15, 0.2) is 60.7 Å². The van der Waals surface area contributed by atoms with Crippen molar-refractivity contribution in [2.75, 3.05) is 7.05 Å². The highest BCUT2D eigenvalue weighted by atomic mass is 16.2. The van der Waals surface area contributed by atoms with E-state index in [0.717, 1.165) is 16.7 Å². The summed E-state index contributed by atoms with van der Waals surface area (Å²) in [6, 6.07) is 20.5. The number of carbonyl (C=O) groups is 1. The van der Waals surface area contributed by atoms with Gasteiger partial charge in [0.15, 0.2) is 0 Å². The van der Waals surface area contributed by atoms with Crippen LogP contribution in [0, 0.1) is 13.8 Å². The van der Waals surface area contributed by atoms with Gasteiger partial charge in [0, 0.05) is 19.2 Å². The molecule has 0 saturated carbocycles. The van der Waals surface area contributed by atoms with Gasteiger partial charge >= 0.3 is 0 Å². The predicted molar refractivity (Wildman–Crippen MR) is 95.7 cm³/mol. The molecule has 0 aliphatic carbocycles. The van der Waals surface area contributed by atoms with Crippen molar-refractivity contribution in [2.45, 2.75) is 20.4 Å². The summed E-state index contributed by atoms with van der Waals surface area (Å²) in [6.07, 6.45) is 0. The number of carbonyl (C=O) groups excluding carboxylic acids is 1. The Balaban J connectivity index is 1.88. The monoisotopic (exact) mass is 303 g/mol. The van der Waals surface area contributed by atoms with Gasteiger partial charge in [0.25, 0.3) is 5.91 Å². The van der Waals surface area contributed by atoms with Crippen LogP contribution in [-0.2, 0) is 6.54 Å². The van der Waals surface area contributed by atoms with Gasteiger partial charge in [-0.2, -0.15) is 0 Å². The van der Waals surface area contributed by atoms with Crippen LogP contribution in [-0.4, -0.2) is 17.9 Å². The zero-order valence-electron chi connectivity index (χ0n) is 13.8. The van der Waals surface area contributed by atoms with Gasteiger partial charge < -0.3 is 4.90 Å². The Hall–Kier alpha value is -2.61. The molecule has 0 fully saturated rings. The molecule has 3 aromatic rings. The number of benzene rings is 3. The Labute approximate surface area is 137 Å². The largest absolute Gasteiger partial charge is 0.337 e. The fourth-order valence-electron chi connectivity index (χ4n) is 3.08. The maximum atomic E-state index is 12.7. The minimum atomic E-state index is 0.0599. The molecule has 23 heavy (non-hydrogen) atoms. The molecule has 0 radical (unpaired) electrons. The van der Waals surface area contributed by atoms with Crippen molar-refractivity contribution < 1.29 is 4.79 Å². The fourth-order valence-corrected chi connectivity index (χ4v) is 3.08. The van der Waals surface area contributed by atoms with Gasteiger partial charge in [-0.15, -0.1) is 0 Å². The number of hydrogen-bond donors (Lipinski definition) is 0. The average molecular weight is 303 g/mol. The molecule has 0 aromatic heterocycles. The van der Waals surface area contributed by atoms with E-state index >= 15 is 0 Å². The molecule has 0 unspecified atom stereocenters. The Bertz CT molecular complexity index is 841. The molecule has 0 spiro atoms. The SMILES string of the molecule is Cc1cc(C)cc(C(=O)N(C)Cc2cccc3ccccc23)c1. The van der Waals surface area contributed by atoms with E-state index in [4.69, 9.17) is 0 Å². The molecule has 3 rings (SSSR count). The Kier molecular flexibility index (Phi) is 4.16. The fraction of sp³-hybridized carbons (Fsp3) is 0.190. The summed E-state index contributed by atoms with van der Waals surface area (Å²) in [5.41, 5.74) is 4.16. The molecule has 2 heteroatoms. The van der Waals surface area contributed by atoms with Crippen LogP contribution in [0.4, 0.5) is 0 Å². The van der Waals surface area contributed by atoms with Crippen LogP contribution >= 0.6 is 0 Å². The van der Waals surface area contributed by atoms with E-state index in [1.807, 2.05) is 51.2 Å². The molecule has 0 aliphatic rings. The second kappa shape index (κ2) is 6.25. The Morgan fingerprint density at radius 1 is 0.913 bits per heavy atom. The summed E-state index contributed by atoms with van der Waals surface area (Å²) in [6.45, 7) is 4.65. The molecule has 3 aromatic carbocycles. The third-order valence-electron chi connectivity index (χ3n) is 4.10. The molecule has 2 nitrogen and oxygen atoms in total. The number of amides is 1. The van der Waals surface area contributed by atoms with E-state index in [1.165, 1.54) is 16.3 Å². The lowest BCUT2D eigenvalue weighted by atomic mass is 10.0. The van der Waals surface area contributed by atoms with Crippen molar-refractivity contribution >= 4 is 16.7 Å². The molecule has 0 heterocycles. The van der Waals surface area contributed by atoms with E-state index in [-0.39, 0.29) is 5.91 Å². The highest BCUT2D eigenvalue weighted by Crippen LogP contribution is 2.20. The van der Waals surface area contributed by atoms with Crippen molar-refractivity contribution in [2.24, 2.45) is 0 Å². The van der Waals surface area contributed by atoms with E-state index in [2.05, 4.69) is 30.3 Å². The van der Waals surface area contributed by atoms with Crippen LogP contribution in [0.25, 0.3) is 10.8 Å². The standard InChI is InChI=1S/C21H21NO/c1-15-11-16(2)13-19(12-15)21(23)22(3)14-18-9-6-8-17-7-4-5-10-20(17)18/h4-13H,14H2,1-3H3. The predicted octanol–water partition coefficient (Wildman–Crippen LogP) is 4.73. The maximum Gasteiger partial charge on any atom is 0.253 e. The first-order chi connectivity index (χ1) is 11.0. The Morgan fingerprint density at radius 2 is 1.57 bits per heavy atom. The number of hydrogen-bond acceptors (Lipinski definition) is 1. The van der Waals surface area contributed by atoms with Crippen LogP contribution in [0.5, 0.6) is 0 Å². The topological polar surface area (TPSA) is 20.3 Å². The van der Waals surface area contributed by atoms with E-state index in [0.29, 0.717) is 6.54 Å². The van der Waals surface area contributed by atoms with Gasteiger partial charge in [-0.3, -0.25) is 4.79 Å². The molecule has 0 bridgehead atoms. The summed E-state index contributed by atoms with van der Waals surface area (Å²) in [5.74, 6) is 0.0599. The molecule has 0 saturated heterocycles. The van der Waals surface area contributed by atoms with Gasteiger partial charge in [-0.1, -0.05) is 59.7 Å². The van der Waals surface area contributed by atoms with Gasteiger partial charge in [0.05, 0.1) is 0 Å². The number of fused-ring (bicyclic) bond motifs is 1. The Morgan fingerprint density at radius 3 is 2.30 bits per heavy atom. The number of rotatable bonds is 3. The lowest BCUT2D eigenvalue weighted by molar-refractivity contribution is 0.0785. The second-order valence-electron chi connectivity index (χ2n) is 6.18. The first-order valence-corrected chi connectivity index (χ1v) is 7.85. The molecule has 0 aliphatic heterocycles. The van der Waals surface area contributed by atoms with Crippen molar-refractivity contribution in [1.82, 2.24) is 4.90 Å². The highest BCUT2D eigenvalue weighted by molar-refractivity contribution is 5.95. The molecule has 116 valence electrons. The third-order valence-corrected chi connectivity index (χ3v) is 4.10. The van der Waals surface area contributed by atoms with Gasteiger partial charge in [0.2, 0.25) is 0 Å². The minimum absolute atomic E-state index is 0.0599. The average Bonchev–Trinajstić information content (AvgIpc) is 2.53. The van der Waals surface area contributed by atoms with E-state index in [9.17, 15) is 4.79 Å². The van der Waals surface area contributed by atoms with Gasteiger partial charge in [0.1, 0.15) is 0 Å². The van der Waals surface area contributed by atoms with Crippen LogP contribution in [0.2, 0.25) is 0 Å². The van der Waals surface area contributed by atoms with Crippen molar-refractivity contribution in [3.8, 4) is 0 Å². The lowest BCUT2D eigenvalue weighted by Gasteiger charge is -2.19. The number of nitrogens with zero attached hydrogens (tertiary/aromatic N) is 1. The van der Waals surface area contributed by atoms with Crippen molar-refractivity contribution in [3.63, 3.8) is 0 Å². The summed E-state index contributed by atoms with van der Waals surface area (Å²) in [4.78, 5) is 14.5. The normalized spacial score (nSPS) is 10.7. The highest BCUT2D eigenvalue weighted by Gasteiger charge is 2.13. The zero-order valence-corrected chi connectivity index (χ0v) is 13.8. The summed E-state index contributed by atoms with van der Waals surface area (Å²) in [5, 5.41) is 2.41. The van der Waals surface area contributed by atoms with Gasteiger partial charge in [-0.25, -0.2) is 0 Å². The van der Waals surface area contributed by atoms with E-state index < -0.39 is 0 Å². The van der Waals surface area contributed by atoms with E-state index in [1.54, 1.807) is 4.90 Å². The van der Waals surface area contributed by atoms with Crippen molar-refractivity contribution in [3.05, 3.63) is 82.9 Å². The molecule has 1 amide bonds. The molecular weight excluding hydrogens is 282 g/mol. The summed E-state index contributed by atoms with van der Waals surface area (Å²) >= 11 is 0. The summed E-state index contributed by atoms with van der Waals surface area (Å²) < 4.78 is 0. The third kappa shape index (κ3) is 3.26. The van der Waals surface area contributed by atoms with Crippen LogP contribution < -0.4 is 0 Å². The van der Waals surface area contributed by atoms with Crippen LogP contribution in [0.1, 0.15) is 27.0 Å². The molecular formula is C21H21NO. The quantitative estimate of drug-likeness (QED) is 0.685. The minimum Gasteiger partial charge on any atom is -0.337 e. The zero-order chi connectivity index (χ0) is 16.4. The smallest absolute Gasteiger partial charge is 0.253 e. The molecule has 0 atom stereocenters. The first-order valence-electron chi connectivity index (χ1n) is 7.85. The molecule has 0 N–H and O–H groups in total. The second-order valence-corrected chi connectivity index (χ2v) is 6.18. The van der Waals surface area contributed by atoms with Crippen molar-refractivity contribution in [1.29, 1.82) is 0 Å².